The summed E-state index contributed by atoms with van der Waals surface area (Å²) in [5.41, 5.74) is 2.67. The highest BCUT2D eigenvalue weighted by atomic mass is 32.2. The van der Waals surface area contributed by atoms with E-state index < -0.39 is 15.8 Å². The average molecular weight is 496 g/mol. The number of halogens is 1. The van der Waals surface area contributed by atoms with Crippen LogP contribution in [0, 0.1) is 12.7 Å². The summed E-state index contributed by atoms with van der Waals surface area (Å²) in [5.74, 6) is -0.855. The number of carbonyl (C=O) groups is 2. The van der Waals surface area contributed by atoms with Gasteiger partial charge >= 0.3 is 0 Å². The molecule has 3 aromatic rings. The van der Waals surface area contributed by atoms with Crippen molar-refractivity contribution in [3.63, 3.8) is 0 Å². The number of hydrogen-bond acceptors (Lipinski definition) is 4. The topological polar surface area (TPSA) is 95.6 Å². The van der Waals surface area contributed by atoms with Crippen LogP contribution in [0.5, 0.6) is 0 Å². The maximum absolute atomic E-state index is 13.8. The molecule has 2 N–H and O–H groups in total. The maximum Gasteiger partial charge on any atom is 0.261 e. The third-order valence-corrected chi connectivity index (χ3v) is 7.30. The van der Waals surface area contributed by atoms with Crippen molar-refractivity contribution in [1.82, 2.24) is 10.2 Å². The largest absolute Gasteiger partial charge is 0.348 e. The number of nitrogens with one attached hydrogen (secondary N) is 2. The number of amides is 2. The van der Waals surface area contributed by atoms with E-state index in [-0.39, 0.29) is 34.5 Å². The molecule has 0 radical (unpaired) electrons. The van der Waals surface area contributed by atoms with E-state index in [4.69, 9.17) is 0 Å². The highest BCUT2D eigenvalue weighted by molar-refractivity contribution is 7.92. The van der Waals surface area contributed by atoms with Crippen molar-refractivity contribution < 1.29 is 22.4 Å². The van der Waals surface area contributed by atoms with E-state index in [0.29, 0.717) is 18.5 Å². The molecule has 0 bridgehead atoms. The van der Waals surface area contributed by atoms with Gasteiger partial charge in [-0.2, -0.15) is 0 Å². The van der Waals surface area contributed by atoms with E-state index in [9.17, 15) is 22.4 Å². The molecule has 9 heteroatoms. The van der Waals surface area contributed by atoms with Gasteiger partial charge < -0.3 is 10.2 Å². The predicted octanol–water partition coefficient (Wildman–Crippen LogP) is 3.99. The van der Waals surface area contributed by atoms with Gasteiger partial charge in [-0.3, -0.25) is 14.3 Å². The molecule has 1 heterocycles. The van der Waals surface area contributed by atoms with Gasteiger partial charge in [0, 0.05) is 37.3 Å². The molecular weight excluding hydrogens is 469 g/mol. The Hall–Kier alpha value is -3.72. The average Bonchev–Trinajstić information content (AvgIpc) is 3.24. The Labute approximate surface area is 204 Å². The summed E-state index contributed by atoms with van der Waals surface area (Å²) in [7, 11) is -4.03. The third-order valence-electron chi connectivity index (χ3n) is 5.92. The minimum absolute atomic E-state index is 0.136. The van der Waals surface area contributed by atoms with Crippen LogP contribution in [0.1, 0.15) is 39.9 Å². The zero-order chi connectivity index (χ0) is 25.0. The number of benzene rings is 3. The van der Waals surface area contributed by atoms with Gasteiger partial charge in [-0.1, -0.05) is 36.4 Å². The van der Waals surface area contributed by atoms with E-state index in [1.807, 2.05) is 29.2 Å². The van der Waals surface area contributed by atoms with Crippen molar-refractivity contribution in [3.8, 4) is 0 Å². The van der Waals surface area contributed by atoms with E-state index in [2.05, 4.69) is 10.0 Å². The van der Waals surface area contributed by atoms with Gasteiger partial charge in [-0.15, -0.1) is 0 Å². The van der Waals surface area contributed by atoms with Gasteiger partial charge in [0.15, 0.2) is 0 Å². The summed E-state index contributed by atoms with van der Waals surface area (Å²) in [6, 6.07) is 17.4. The van der Waals surface area contributed by atoms with E-state index in [0.717, 1.165) is 30.2 Å². The number of rotatable bonds is 8. The number of nitrogens with zero attached hydrogens (tertiary/aromatic N) is 1. The molecule has 1 aliphatic heterocycles. The molecule has 1 aliphatic rings. The first-order valence-electron chi connectivity index (χ1n) is 11.2. The first-order chi connectivity index (χ1) is 16.7. The van der Waals surface area contributed by atoms with Crippen LogP contribution in [0.15, 0.2) is 71.6 Å². The molecule has 7 nitrogen and oxygen atoms in total. The molecular formula is C26H26FN3O4S. The van der Waals surface area contributed by atoms with E-state index in [1.165, 1.54) is 24.3 Å². The van der Waals surface area contributed by atoms with Gasteiger partial charge in [0.05, 0.1) is 4.90 Å². The Morgan fingerprint density at radius 1 is 1.03 bits per heavy atom. The van der Waals surface area contributed by atoms with Crippen molar-refractivity contribution in [1.29, 1.82) is 0 Å². The van der Waals surface area contributed by atoms with Crippen LogP contribution in [0.3, 0.4) is 0 Å². The number of aryl methyl sites for hydroxylation is 1. The van der Waals surface area contributed by atoms with Crippen LogP contribution >= 0.6 is 0 Å². The lowest BCUT2D eigenvalue weighted by atomic mass is 10.1. The van der Waals surface area contributed by atoms with Crippen LogP contribution in [0.25, 0.3) is 0 Å². The SMILES string of the molecule is Cc1ccc(S(=O)(=O)Nc2cccc(C(=O)NCc3ccccc3CN3CCCC3=O)c2)cc1F. The summed E-state index contributed by atoms with van der Waals surface area (Å²) in [5, 5.41) is 2.86. The molecule has 4 rings (SSSR count). The zero-order valence-electron chi connectivity index (χ0n) is 19.3. The standard InChI is InChI=1S/C26H26FN3O4S/c1-18-11-12-23(15-24(18)27)35(33,34)29-22-9-4-8-19(14-22)26(32)28-16-20-6-2-3-7-21(20)17-30-13-5-10-25(30)31/h2-4,6-9,11-12,14-15,29H,5,10,13,16-17H2,1H3,(H,28,32). The molecule has 182 valence electrons. The van der Waals surface area contributed by atoms with Crippen molar-refractivity contribution in [2.45, 2.75) is 37.8 Å². The molecule has 0 unspecified atom stereocenters. The quantitative estimate of drug-likeness (QED) is 0.494. The van der Waals surface area contributed by atoms with Gasteiger partial charge in [0.1, 0.15) is 5.82 Å². The highest BCUT2D eigenvalue weighted by Gasteiger charge is 2.21. The number of carbonyl (C=O) groups excluding carboxylic acids is 2. The highest BCUT2D eigenvalue weighted by Crippen LogP contribution is 2.20. The molecule has 0 aromatic heterocycles. The third kappa shape index (κ3) is 5.86. The van der Waals surface area contributed by atoms with Gasteiger partial charge in [-0.25, -0.2) is 12.8 Å². The summed E-state index contributed by atoms with van der Waals surface area (Å²) < 4.78 is 41.5. The Bertz CT molecular complexity index is 1370. The predicted molar refractivity (Wildman–Crippen MR) is 131 cm³/mol. The minimum Gasteiger partial charge on any atom is -0.348 e. The monoisotopic (exact) mass is 495 g/mol. The number of likely N-dealkylation sites (tertiary alicyclic amines) is 1. The normalized spacial score (nSPS) is 13.7. The lowest BCUT2D eigenvalue weighted by Gasteiger charge is -2.18. The summed E-state index contributed by atoms with van der Waals surface area (Å²) in [6.07, 6.45) is 1.43. The molecule has 1 saturated heterocycles. The Balaban J connectivity index is 1.43. The second-order valence-electron chi connectivity index (χ2n) is 8.47. The minimum atomic E-state index is -4.03. The molecule has 1 fully saturated rings. The number of anilines is 1. The molecule has 35 heavy (non-hydrogen) atoms. The fourth-order valence-electron chi connectivity index (χ4n) is 3.92. The van der Waals surface area contributed by atoms with Crippen LogP contribution in [0.4, 0.5) is 10.1 Å². The van der Waals surface area contributed by atoms with E-state index in [1.54, 1.807) is 19.1 Å². The lowest BCUT2D eigenvalue weighted by Crippen LogP contribution is -2.27. The summed E-state index contributed by atoms with van der Waals surface area (Å²) in [4.78, 5) is 26.4. The van der Waals surface area contributed by atoms with E-state index >= 15 is 0 Å². The second-order valence-corrected chi connectivity index (χ2v) is 10.1. The first kappa shape index (κ1) is 24.4. The first-order valence-corrected chi connectivity index (χ1v) is 12.7. The fraction of sp³-hybridized carbons (Fsp3) is 0.231. The summed E-state index contributed by atoms with van der Waals surface area (Å²) in [6.45, 7) is 3.04. The Kier molecular flexibility index (Phi) is 7.16. The summed E-state index contributed by atoms with van der Waals surface area (Å²) >= 11 is 0. The van der Waals surface area contributed by atoms with Crippen molar-refractivity contribution in [3.05, 3.63) is 94.8 Å². The Morgan fingerprint density at radius 2 is 1.80 bits per heavy atom. The number of sulfonamides is 1. The van der Waals surface area contributed by atoms with Crippen molar-refractivity contribution in [2.24, 2.45) is 0 Å². The van der Waals surface area contributed by atoms with Crippen molar-refractivity contribution >= 4 is 27.5 Å². The molecule has 2 amide bonds. The molecule has 3 aromatic carbocycles. The zero-order valence-corrected chi connectivity index (χ0v) is 20.1. The van der Waals surface area contributed by atoms with Gasteiger partial charge in [0.2, 0.25) is 5.91 Å². The molecule has 0 spiro atoms. The fourth-order valence-corrected chi connectivity index (χ4v) is 4.98. The van der Waals surface area contributed by atoms with Gasteiger partial charge in [0.25, 0.3) is 15.9 Å². The van der Waals surface area contributed by atoms with Gasteiger partial charge in [-0.05, 0) is 60.4 Å². The molecule has 0 atom stereocenters. The molecule has 0 saturated carbocycles. The second kappa shape index (κ2) is 10.3. The van der Waals surface area contributed by atoms with Crippen LogP contribution in [-0.4, -0.2) is 31.7 Å². The molecule has 0 aliphatic carbocycles. The Morgan fingerprint density at radius 3 is 2.51 bits per heavy atom. The van der Waals surface area contributed by atoms with Crippen LogP contribution in [-0.2, 0) is 27.9 Å². The van der Waals surface area contributed by atoms with Crippen LogP contribution in [0.2, 0.25) is 0 Å². The van der Waals surface area contributed by atoms with Crippen molar-refractivity contribution in [2.75, 3.05) is 11.3 Å². The maximum atomic E-state index is 13.8. The smallest absolute Gasteiger partial charge is 0.261 e. The number of hydrogen-bond donors (Lipinski definition) is 2. The lowest BCUT2D eigenvalue weighted by molar-refractivity contribution is -0.128. The van der Waals surface area contributed by atoms with Crippen LogP contribution < -0.4 is 10.0 Å².